The van der Waals surface area contributed by atoms with Gasteiger partial charge in [0, 0.05) is 17.2 Å². The highest BCUT2D eigenvalue weighted by molar-refractivity contribution is 6.30. The number of phenolic OH excluding ortho intramolecular Hbond substituents is 2. The number of benzene rings is 2. The Morgan fingerprint density at radius 2 is 1.43 bits per heavy atom. The SMILES string of the molecule is Cc1cc(O)c2c(c1)C(=O)c1cc(O[C@H]3O[C@@H](C)[C@H](O)[C@@H](O)[C@H]3O)cc(O)c1C2=O. The maximum absolute atomic E-state index is 13.0. The summed E-state index contributed by atoms with van der Waals surface area (Å²) < 4.78 is 10.9. The number of ether oxygens (including phenoxy) is 2. The van der Waals surface area contributed by atoms with Crippen molar-refractivity contribution in [3.63, 3.8) is 0 Å². The summed E-state index contributed by atoms with van der Waals surface area (Å²) in [6.45, 7) is 3.14. The predicted molar refractivity (Wildman–Crippen MR) is 101 cm³/mol. The maximum Gasteiger partial charge on any atom is 0.229 e. The topological polar surface area (TPSA) is 154 Å². The van der Waals surface area contributed by atoms with Gasteiger partial charge in [-0.25, -0.2) is 0 Å². The van der Waals surface area contributed by atoms with Crippen molar-refractivity contribution >= 4 is 11.6 Å². The zero-order valence-corrected chi connectivity index (χ0v) is 16.1. The lowest BCUT2D eigenvalue weighted by atomic mass is 9.82. The van der Waals surface area contributed by atoms with Crippen LogP contribution in [0.5, 0.6) is 17.2 Å². The quantitative estimate of drug-likeness (QED) is 0.399. The Morgan fingerprint density at radius 1 is 0.833 bits per heavy atom. The number of aliphatic hydroxyl groups is 3. The van der Waals surface area contributed by atoms with E-state index >= 15 is 0 Å². The average molecular weight is 416 g/mol. The van der Waals surface area contributed by atoms with Gasteiger partial charge in [0.2, 0.25) is 12.1 Å². The number of phenols is 2. The van der Waals surface area contributed by atoms with Crippen LogP contribution in [0.3, 0.4) is 0 Å². The summed E-state index contributed by atoms with van der Waals surface area (Å²) in [7, 11) is 0. The summed E-state index contributed by atoms with van der Waals surface area (Å²) in [6, 6.07) is 5.11. The number of carbonyl (C=O) groups excluding carboxylic acids is 2. The van der Waals surface area contributed by atoms with Crippen molar-refractivity contribution in [1.29, 1.82) is 0 Å². The first kappa shape index (κ1) is 20.3. The molecule has 1 fully saturated rings. The van der Waals surface area contributed by atoms with Gasteiger partial charge in [-0.15, -0.1) is 0 Å². The Kier molecular flexibility index (Phi) is 4.78. The summed E-state index contributed by atoms with van der Waals surface area (Å²) in [4.78, 5) is 25.8. The number of fused-ring (bicyclic) bond motifs is 2. The molecule has 2 aromatic rings. The third-order valence-electron chi connectivity index (χ3n) is 5.36. The molecule has 30 heavy (non-hydrogen) atoms. The van der Waals surface area contributed by atoms with Crippen LogP contribution in [0.1, 0.15) is 44.3 Å². The van der Waals surface area contributed by atoms with Gasteiger partial charge in [0.15, 0.2) is 5.78 Å². The number of aromatic hydroxyl groups is 2. The first-order valence-electron chi connectivity index (χ1n) is 9.26. The second kappa shape index (κ2) is 7.06. The third kappa shape index (κ3) is 3.03. The smallest absolute Gasteiger partial charge is 0.229 e. The van der Waals surface area contributed by atoms with E-state index in [0.717, 1.165) is 6.07 Å². The minimum Gasteiger partial charge on any atom is -0.507 e. The second-order valence-corrected chi connectivity index (χ2v) is 7.53. The monoisotopic (exact) mass is 416 g/mol. The third-order valence-corrected chi connectivity index (χ3v) is 5.36. The fraction of sp³-hybridized carbons (Fsp3) is 0.333. The van der Waals surface area contributed by atoms with E-state index in [1.807, 2.05) is 0 Å². The van der Waals surface area contributed by atoms with Crippen LogP contribution in [0.15, 0.2) is 24.3 Å². The molecule has 1 aliphatic heterocycles. The minimum atomic E-state index is -1.59. The second-order valence-electron chi connectivity index (χ2n) is 7.53. The lowest BCUT2D eigenvalue weighted by Crippen LogP contribution is -2.58. The molecule has 0 saturated carbocycles. The van der Waals surface area contributed by atoms with E-state index in [4.69, 9.17) is 9.47 Å². The van der Waals surface area contributed by atoms with Crippen molar-refractivity contribution in [3.05, 3.63) is 52.1 Å². The molecule has 9 nitrogen and oxygen atoms in total. The van der Waals surface area contributed by atoms with Crippen LogP contribution in [0.25, 0.3) is 0 Å². The van der Waals surface area contributed by atoms with E-state index in [2.05, 4.69) is 0 Å². The Labute approximate surface area is 170 Å². The highest BCUT2D eigenvalue weighted by Gasteiger charge is 2.43. The molecule has 9 heteroatoms. The van der Waals surface area contributed by atoms with Crippen LogP contribution in [0.2, 0.25) is 0 Å². The van der Waals surface area contributed by atoms with Crippen LogP contribution in [0, 0.1) is 6.92 Å². The molecule has 0 amide bonds. The first-order valence-corrected chi connectivity index (χ1v) is 9.26. The molecule has 1 aliphatic carbocycles. The van der Waals surface area contributed by atoms with Crippen molar-refractivity contribution in [1.82, 2.24) is 0 Å². The predicted octanol–water partition coefficient (Wildman–Crippen LogP) is 0.388. The number of hydrogen-bond acceptors (Lipinski definition) is 9. The van der Waals surface area contributed by atoms with Gasteiger partial charge in [-0.2, -0.15) is 0 Å². The molecular formula is C21H20O9. The highest BCUT2D eigenvalue weighted by Crippen LogP contribution is 2.40. The van der Waals surface area contributed by atoms with E-state index in [-0.39, 0.29) is 33.8 Å². The van der Waals surface area contributed by atoms with Gasteiger partial charge >= 0.3 is 0 Å². The summed E-state index contributed by atoms with van der Waals surface area (Å²) in [5.41, 5.74) is -0.00573. The van der Waals surface area contributed by atoms with E-state index < -0.39 is 48.0 Å². The first-order chi connectivity index (χ1) is 14.1. The van der Waals surface area contributed by atoms with Crippen LogP contribution in [-0.4, -0.2) is 67.8 Å². The highest BCUT2D eigenvalue weighted by atomic mass is 16.7. The Hall–Kier alpha value is -2.98. The number of aliphatic hydroxyl groups excluding tert-OH is 3. The molecule has 0 radical (unpaired) electrons. The van der Waals surface area contributed by atoms with Crippen molar-refractivity contribution in [2.75, 3.05) is 0 Å². The van der Waals surface area contributed by atoms with Crippen LogP contribution in [-0.2, 0) is 4.74 Å². The summed E-state index contributed by atoms with van der Waals surface area (Å²) >= 11 is 0. The lowest BCUT2D eigenvalue weighted by molar-refractivity contribution is -0.268. The van der Waals surface area contributed by atoms with E-state index in [1.54, 1.807) is 6.92 Å². The average Bonchev–Trinajstić information content (AvgIpc) is 2.67. The van der Waals surface area contributed by atoms with Gasteiger partial charge in [-0.05, 0) is 37.6 Å². The van der Waals surface area contributed by atoms with E-state index in [1.165, 1.54) is 25.1 Å². The molecule has 5 N–H and O–H groups in total. The normalized spacial score (nSPS) is 28.1. The van der Waals surface area contributed by atoms with Crippen molar-refractivity contribution in [2.45, 2.75) is 44.6 Å². The number of hydrogen-bond donors (Lipinski definition) is 5. The summed E-state index contributed by atoms with van der Waals surface area (Å²) in [5, 5.41) is 50.4. The van der Waals surface area contributed by atoms with Crippen molar-refractivity contribution < 1.29 is 44.6 Å². The molecule has 2 aliphatic rings. The van der Waals surface area contributed by atoms with E-state index in [9.17, 15) is 35.1 Å². The maximum atomic E-state index is 13.0. The van der Waals surface area contributed by atoms with Gasteiger partial charge in [-0.3, -0.25) is 9.59 Å². The van der Waals surface area contributed by atoms with Gasteiger partial charge in [0.25, 0.3) is 0 Å². The fourth-order valence-electron chi connectivity index (χ4n) is 3.79. The molecule has 158 valence electrons. The van der Waals surface area contributed by atoms with Gasteiger partial charge < -0.3 is 35.0 Å². The molecular weight excluding hydrogens is 396 g/mol. The largest absolute Gasteiger partial charge is 0.507 e. The van der Waals surface area contributed by atoms with Crippen LogP contribution < -0.4 is 4.74 Å². The van der Waals surface area contributed by atoms with Crippen molar-refractivity contribution in [3.8, 4) is 17.2 Å². The van der Waals surface area contributed by atoms with E-state index in [0.29, 0.717) is 5.56 Å². The molecule has 2 aromatic carbocycles. The van der Waals surface area contributed by atoms with Gasteiger partial charge in [-0.1, -0.05) is 0 Å². The molecule has 0 aromatic heterocycles. The molecule has 1 saturated heterocycles. The molecule has 4 rings (SSSR count). The Morgan fingerprint density at radius 3 is 2.10 bits per heavy atom. The molecule has 0 bridgehead atoms. The Balaban J connectivity index is 1.73. The fourth-order valence-corrected chi connectivity index (χ4v) is 3.79. The molecule has 5 atom stereocenters. The lowest BCUT2D eigenvalue weighted by Gasteiger charge is -2.39. The summed E-state index contributed by atoms with van der Waals surface area (Å²) in [5.74, 6) is -2.29. The van der Waals surface area contributed by atoms with Gasteiger partial charge in [0.05, 0.1) is 17.2 Å². The van der Waals surface area contributed by atoms with Crippen LogP contribution >= 0.6 is 0 Å². The molecule has 0 unspecified atom stereocenters. The molecule has 1 heterocycles. The zero-order valence-electron chi connectivity index (χ0n) is 16.1. The van der Waals surface area contributed by atoms with Gasteiger partial charge in [0.1, 0.15) is 35.6 Å². The number of aryl methyl sites for hydroxylation is 1. The molecule has 0 spiro atoms. The number of ketones is 2. The minimum absolute atomic E-state index is 0.00247. The standard InChI is InChI=1S/C21H20O9/c1-7-3-10-14(12(22)4-7)18(26)15-11(17(10)25)5-9(6-13(15)23)30-21-20(28)19(27)16(24)8(2)29-21/h3-6,8,16,19-24,27-28H,1-2H3/t8-,16-,19+,20+,21+/m0/s1. The zero-order chi connectivity index (χ0) is 21.9. The summed E-state index contributed by atoms with van der Waals surface area (Å²) in [6.07, 6.45) is -6.66. The van der Waals surface area contributed by atoms with Crippen LogP contribution in [0.4, 0.5) is 0 Å². The number of rotatable bonds is 2. The Bertz CT molecular complexity index is 1060. The van der Waals surface area contributed by atoms with Crippen molar-refractivity contribution in [2.24, 2.45) is 0 Å². The number of carbonyl (C=O) groups is 2.